The lowest BCUT2D eigenvalue weighted by atomic mass is 10.0. The Labute approximate surface area is 167 Å². The van der Waals surface area contributed by atoms with Crippen molar-refractivity contribution in [1.82, 2.24) is 10.2 Å². The molecule has 0 radical (unpaired) electrons. The van der Waals surface area contributed by atoms with Gasteiger partial charge in [0.05, 0.1) is 7.11 Å². The van der Waals surface area contributed by atoms with E-state index in [1.54, 1.807) is 0 Å². The minimum atomic E-state index is -0.401. The van der Waals surface area contributed by atoms with E-state index in [0.29, 0.717) is 31.3 Å². The Morgan fingerprint density at radius 2 is 2.00 bits per heavy atom. The van der Waals surface area contributed by atoms with Gasteiger partial charge >= 0.3 is 5.97 Å². The molecule has 7 nitrogen and oxygen atoms in total. The number of benzene rings is 1. The van der Waals surface area contributed by atoms with E-state index in [-0.39, 0.29) is 24.9 Å². The normalized spacial score (nSPS) is 16.9. The molecule has 1 aliphatic rings. The van der Waals surface area contributed by atoms with E-state index in [4.69, 9.17) is 10.5 Å². The molecule has 3 N–H and O–H groups in total. The number of nitrogens with one attached hydrogen (secondary N) is 1. The summed E-state index contributed by atoms with van der Waals surface area (Å²) in [5.41, 5.74) is 6.60. The lowest BCUT2D eigenvalue weighted by Gasteiger charge is -2.36. The van der Waals surface area contributed by atoms with E-state index in [0.717, 1.165) is 19.5 Å². The van der Waals surface area contributed by atoms with Gasteiger partial charge in [0, 0.05) is 32.1 Å². The number of rotatable bonds is 9. The molecule has 27 heavy (non-hydrogen) atoms. The second kappa shape index (κ2) is 12.5. The number of halogens is 1. The molecular formula is C19H30ClN3O4. The Hall–Kier alpha value is -1.83. The van der Waals surface area contributed by atoms with Crippen LogP contribution in [-0.2, 0) is 20.9 Å². The van der Waals surface area contributed by atoms with Crippen LogP contribution in [0.4, 0.5) is 0 Å². The Kier molecular flexibility index (Phi) is 10.8. The Bertz CT molecular complexity index is 583. The molecule has 1 unspecified atom stereocenters. The fourth-order valence-electron chi connectivity index (χ4n) is 3.08. The number of piperidine rings is 1. The SMILES string of the molecule is COC(=O)COc1ccc(CN2CCCCC2CNC(=O)CCN)cc1.Cl. The van der Waals surface area contributed by atoms with Crippen LogP contribution in [0.1, 0.15) is 31.2 Å². The van der Waals surface area contributed by atoms with Gasteiger partial charge in [-0.05, 0) is 37.1 Å². The maximum atomic E-state index is 11.7. The van der Waals surface area contributed by atoms with Gasteiger partial charge in [-0.2, -0.15) is 0 Å². The van der Waals surface area contributed by atoms with Gasteiger partial charge in [0.1, 0.15) is 5.75 Å². The molecule has 0 spiro atoms. The molecule has 1 amide bonds. The van der Waals surface area contributed by atoms with Crippen LogP contribution in [0.25, 0.3) is 0 Å². The van der Waals surface area contributed by atoms with E-state index in [1.807, 2.05) is 24.3 Å². The Balaban J connectivity index is 0.00000364. The number of ether oxygens (including phenoxy) is 2. The zero-order valence-electron chi connectivity index (χ0n) is 15.8. The number of hydrogen-bond donors (Lipinski definition) is 2. The number of carbonyl (C=O) groups is 2. The molecule has 0 aliphatic carbocycles. The third-order valence-electron chi connectivity index (χ3n) is 4.55. The summed E-state index contributed by atoms with van der Waals surface area (Å²) in [6.07, 6.45) is 3.82. The summed E-state index contributed by atoms with van der Waals surface area (Å²) < 4.78 is 9.92. The Morgan fingerprint density at radius 3 is 2.67 bits per heavy atom. The molecule has 1 aromatic rings. The highest BCUT2D eigenvalue weighted by atomic mass is 35.5. The Morgan fingerprint density at radius 1 is 1.26 bits per heavy atom. The number of esters is 1. The monoisotopic (exact) mass is 399 g/mol. The van der Waals surface area contributed by atoms with Crippen molar-refractivity contribution < 1.29 is 19.1 Å². The van der Waals surface area contributed by atoms with Crippen molar-refractivity contribution in [1.29, 1.82) is 0 Å². The van der Waals surface area contributed by atoms with Crippen molar-refractivity contribution >= 4 is 24.3 Å². The number of hydrogen-bond acceptors (Lipinski definition) is 6. The summed E-state index contributed by atoms with van der Waals surface area (Å²) in [4.78, 5) is 25.2. The predicted octanol–water partition coefficient (Wildman–Crippen LogP) is 1.48. The number of nitrogens with two attached hydrogens (primary N) is 1. The predicted molar refractivity (Wildman–Crippen MR) is 106 cm³/mol. The molecule has 1 aliphatic heterocycles. The largest absolute Gasteiger partial charge is 0.482 e. The second-order valence-electron chi connectivity index (χ2n) is 6.47. The smallest absolute Gasteiger partial charge is 0.343 e. The average molecular weight is 400 g/mol. The van der Waals surface area contributed by atoms with Gasteiger partial charge < -0.3 is 20.5 Å². The molecule has 1 aromatic carbocycles. The lowest BCUT2D eigenvalue weighted by molar-refractivity contribution is -0.142. The highest BCUT2D eigenvalue weighted by Crippen LogP contribution is 2.20. The summed E-state index contributed by atoms with van der Waals surface area (Å²) >= 11 is 0. The van der Waals surface area contributed by atoms with Gasteiger partial charge in [0.15, 0.2) is 6.61 Å². The summed E-state index contributed by atoms with van der Waals surface area (Å²) in [6.45, 7) is 2.81. The molecule has 0 bridgehead atoms. The summed E-state index contributed by atoms with van der Waals surface area (Å²) in [5.74, 6) is 0.260. The number of carbonyl (C=O) groups excluding carboxylic acids is 2. The highest BCUT2D eigenvalue weighted by Gasteiger charge is 2.22. The maximum absolute atomic E-state index is 11.7. The molecule has 2 rings (SSSR count). The van der Waals surface area contributed by atoms with Crippen molar-refractivity contribution in [3.8, 4) is 5.75 Å². The second-order valence-corrected chi connectivity index (χ2v) is 6.47. The third kappa shape index (κ3) is 8.15. The minimum absolute atomic E-state index is 0. The van der Waals surface area contributed by atoms with Crippen molar-refractivity contribution in [3.05, 3.63) is 29.8 Å². The first kappa shape index (κ1) is 23.2. The minimum Gasteiger partial charge on any atom is -0.482 e. The standard InChI is InChI=1S/C19H29N3O4.ClH/c1-25-19(24)14-26-17-7-5-15(6-8-17)13-22-11-3-2-4-16(22)12-21-18(23)9-10-20;/h5-8,16H,2-4,9-14,20H2,1H3,(H,21,23);1H. The molecule has 152 valence electrons. The van der Waals surface area contributed by atoms with Gasteiger partial charge in [-0.1, -0.05) is 18.6 Å². The van der Waals surface area contributed by atoms with E-state index in [9.17, 15) is 9.59 Å². The van der Waals surface area contributed by atoms with Crippen LogP contribution in [0.5, 0.6) is 5.75 Å². The number of amides is 1. The average Bonchev–Trinajstić information content (AvgIpc) is 2.66. The molecule has 0 saturated carbocycles. The summed E-state index contributed by atoms with van der Waals surface area (Å²) in [7, 11) is 1.34. The van der Waals surface area contributed by atoms with Crippen LogP contribution < -0.4 is 15.8 Å². The quantitative estimate of drug-likeness (QED) is 0.611. The van der Waals surface area contributed by atoms with Crippen LogP contribution in [0.2, 0.25) is 0 Å². The number of methoxy groups -OCH3 is 1. The van der Waals surface area contributed by atoms with Crippen LogP contribution in [0.3, 0.4) is 0 Å². The molecule has 0 aromatic heterocycles. The van der Waals surface area contributed by atoms with Gasteiger partial charge in [0.2, 0.25) is 5.91 Å². The lowest BCUT2D eigenvalue weighted by Crippen LogP contribution is -2.46. The highest BCUT2D eigenvalue weighted by molar-refractivity contribution is 5.85. The van der Waals surface area contributed by atoms with Crippen LogP contribution in [0.15, 0.2) is 24.3 Å². The molecule has 1 fully saturated rings. The van der Waals surface area contributed by atoms with Crippen LogP contribution >= 0.6 is 12.4 Å². The number of likely N-dealkylation sites (tertiary alicyclic amines) is 1. The first-order chi connectivity index (χ1) is 12.6. The molecule has 1 heterocycles. The van der Waals surface area contributed by atoms with E-state index in [1.165, 1.54) is 25.5 Å². The fraction of sp³-hybridized carbons (Fsp3) is 0.579. The zero-order chi connectivity index (χ0) is 18.8. The molecule has 1 atom stereocenters. The molecular weight excluding hydrogens is 370 g/mol. The van der Waals surface area contributed by atoms with Gasteiger partial charge in [0.25, 0.3) is 0 Å². The van der Waals surface area contributed by atoms with E-state index in [2.05, 4.69) is 15.0 Å². The van der Waals surface area contributed by atoms with Crippen molar-refractivity contribution in [2.45, 2.75) is 38.3 Å². The van der Waals surface area contributed by atoms with Gasteiger partial charge in [-0.15, -0.1) is 12.4 Å². The number of nitrogens with zero attached hydrogens (tertiary/aromatic N) is 1. The van der Waals surface area contributed by atoms with Crippen LogP contribution in [0, 0.1) is 0 Å². The van der Waals surface area contributed by atoms with Crippen molar-refractivity contribution in [2.24, 2.45) is 5.73 Å². The van der Waals surface area contributed by atoms with Gasteiger partial charge in [-0.3, -0.25) is 9.69 Å². The molecule has 1 saturated heterocycles. The first-order valence-electron chi connectivity index (χ1n) is 9.11. The van der Waals surface area contributed by atoms with E-state index < -0.39 is 5.97 Å². The summed E-state index contributed by atoms with van der Waals surface area (Å²) in [6, 6.07) is 8.08. The third-order valence-corrected chi connectivity index (χ3v) is 4.55. The van der Waals surface area contributed by atoms with Gasteiger partial charge in [-0.25, -0.2) is 4.79 Å². The first-order valence-corrected chi connectivity index (χ1v) is 9.11. The van der Waals surface area contributed by atoms with Crippen LogP contribution in [-0.4, -0.2) is 56.2 Å². The summed E-state index contributed by atoms with van der Waals surface area (Å²) in [5, 5.41) is 2.99. The van der Waals surface area contributed by atoms with E-state index >= 15 is 0 Å². The zero-order valence-corrected chi connectivity index (χ0v) is 16.6. The maximum Gasteiger partial charge on any atom is 0.343 e. The fourth-order valence-corrected chi connectivity index (χ4v) is 3.08. The molecule has 8 heteroatoms. The van der Waals surface area contributed by atoms with Crippen molar-refractivity contribution in [3.63, 3.8) is 0 Å². The topological polar surface area (TPSA) is 93.9 Å². The van der Waals surface area contributed by atoms with Crippen molar-refractivity contribution in [2.75, 3.05) is 33.4 Å².